The third-order valence-corrected chi connectivity index (χ3v) is 5.60. The molecule has 1 aliphatic heterocycles. The van der Waals surface area contributed by atoms with Crippen LogP contribution in [0.5, 0.6) is 5.75 Å². The number of sulfonamides is 1. The summed E-state index contributed by atoms with van der Waals surface area (Å²) in [7, 11) is -2.31. The zero-order chi connectivity index (χ0) is 14.2. The van der Waals surface area contributed by atoms with Gasteiger partial charge in [-0.25, -0.2) is 8.42 Å². The molecule has 0 unspecified atom stereocenters. The molecule has 2 rings (SSSR count). The van der Waals surface area contributed by atoms with E-state index in [-0.39, 0.29) is 17.2 Å². The first-order valence-electron chi connectivity index (χ1n) is 5.67. The average molecular weight is 351 g/mol. The van der Waals surface area contributed by atoms with Crippen LogP contribution in [0.4, 0.5) is 5.69 Å². The highest BCUT2D eigenvalue weighted by atomic mass is 79.9. The van der Waals surface area contributed by atoms with Crippen LogP contribution in [0, 0.1) is 0 Å². The molecular formula is C11H15BrN2O4S. The average Bonchev–Trinajstić information content (AvgIpc) is 2.79. The Bertz CT molecular complexity index is 591. The molecule has 19 heavy (non-hydrogen) atoms. The molecule has 0 radical (unpaired) electrons. The number of aliphatic hydroxyl groups is 1. The van der Waals surface area contributed by atoms with Crippen molar-refractivity contribution in [3.05, 3.63) is 16.6 Å². The van der Waals surface area contributed by atoms with Crippen molar-refractivity contribution < 1.29 is 18.3 Å². The van der Waals surface area contributed by atoms with E-state index in [0.29, 0.717) is 23.1 Å². The molecule has 1 aliphatic rings. The van der Waals surface area contributed by atoms with Gasteiger partial charge in [-0.3, -0.25) is 0 Å². The predicted octanol–water partition coefficient (Wildman–Crippen LogP) is 0.795. The van der Waals surface area contributed by atoms with Crippen molar-refractivity contribution in [3.63, 3.8) is 0 Å². The van der Waals surface area contributed by atoms with Gasteiger partial charge in [0.05, 0.1) is 13.2 Å². The molecule has 106 valence electrons. The standard InChI is InChI=1S/C11H15BrN2O4S/c1-18-10-4-8(12)9(13)5-11(10)19(16,17)14-3-2-7(15)6-14/h4-5,7,15H,2-3,6,13H2,1H3/t7-/m1/s1. The summed E-state index contributed by atoms with van der Waals surface area (Å²) in [5.41, 5.74) is 6.05. The molecule has 8 heteroatoms. The number of methoxy groups -OCH3 is 1. The second-order valence-corrected chi connectivity index (χ2v) is 7.09. The number of nitrogen functional groups attached to an aromatic ring is 1. The molecule has 0 bridgehead atoms. The normalized spacial score (nSPS) is 20.7. The maximum absolute atomic E-state index is 12.5. The van der Waals surface area contributed by atoms with Gasteiger partial charge in [0.15, 0.2) is 0 Å². The fourth-order valence-electron chi connectivity index (χ4n) is 1.98. The van der Waals surface area contributed by atoms with E-state index in [9.17, 15) is 13.5 Å². The van der Waals surface area contributed by atoms with Gasteiger partial charge >= 0.3 is 0 Å². The number of rotatable bonds is 3. The highest BCUT2D eigenvalue weighted by Crippen LogP contribution is 2.34. The summed E-state index contributed by atoms with van der Waals surface area (Å²) >= 11 is 3.23. The van der Waals surface area contributed by atoms with Gasteiger partial charge in [0.25, 0.3) is 0 Å². The first kappa shape index (κ1) is 14.6. The minimum Gasteiger partial charge on any atom is -0.495 e. The third-order valence-electron chi connectivity index (χ3n) is 3.03. The van der Waals surface area contributed by atoms with Crippen LogP contribution in [0.15, 0.2) is 21.5 Å². The first-order chi connectivity index (χ1) is 8.86. The van der Waals surface area contributed by atoms with Crippen LogP contribution in [0.25, 0.3) is 0 Å². The van der Waals surface area contributed by atoms with E-state index in [1.54, 1.807) is 0 Å². The summed E-state index contributed by atoms with van der Waals surface area (Å²) in [5.74, 6) is 0.225. The van der Waals surface area contributed by atoms with Crippen molar-refractivity contribution in [3.8, 4) is 5.75 Å². The summed E-state index contributed by atoms with van der Waals surface area (Å²) in [6.07, 6.45) is -0.179. The van der Waals surface area contributed by atoms with Crippen LogP contribution >= 0.6 is 15.9 Å². The zero-order valence-corrected chi connectivity index (χ0v) is 12.7. The molecule has 1 atom stereocenters. The molecular weight excluding hydrogens is 336 g/mol. The van der Waals surface area contributed by atoms with Crippen LogP contribution in [-0.2, 0) is 10.0 Å². The fraction of sp³-hybridized carbons (Fsp3) is 0.455. The van der Waals surface area contributed by atoms with Gasteiger partial charge in [-0.15, -0.1) is 0 Å². The molecule has 1 heterocycles. The van der Waals surface area contributed by atoms with Crippen LogP contribution in [0.1, 0.15) is 6.42 Å². The largest absolute Gasteiger partial charge is 0.495 e. The number of aliphatic hydroxyl groups excluding tert-OH is 1. The molecule has 1 aromatic rings. The van der Waals surface area contributed by atoms with Gasteiger partial charge in [0.2, 0.25) is 10.0 Å². The van der Waals surface area contributed by atoms with Crippen LogP contribution in [0.3, 0.4) is 0 Å². The lowest BCUT2D eigenvalue weighted by Crippen LogP contribution is -2.30. The molecule has 0 aromatic heterocycles. The first-order valence-corrected chi connectivity index (χ1v) is 7.90. The Kier molecular flexibility index (Phi) is 4.05. The maximum atomic E-state index is 12.5. The minimum atomic E-state index is -3.71. The number of halogens is 1. The zero-order valence-electron chi connectivity index (χ0n) is 10.3. The molecule has 0 aliphatic carbocycles. The topological polar surface area (TPSA) is 92.9 Å². The van der Waals surface area contributed by atoms with Crippen molar-refractivity contribution in [2.45, 2.75) is 17.4 Å². The molecule has 1 fully saturated rings. The van der Waals surface area contributed by atoms with Crippen LogP contribution in [-0.4, -0.2) is 44.1 Å². The van der Waals surface area contributed by atoms with Gasteiger partial charge in [-0.05, 0) is 34.5 Å². The molecule has 6 nitrogen and oxygen atoms in total. The lowest BCUT2D eigenvalue weighted by molar-refractivity contribution is 0.189. The second-order valence-electron chi connectivity index (χ2n) is 4.33. The third kappa shape index (κ3) is 2.71. The van der Waals surface area contributed by atoms with Crippen LogP contribution in [0.2, 0.25) is 0 Å². The van der Waals surface area contributed by atoms with Gasteiger partial charge < -0.3 is 15.6 Å². The molecule has 0 saturated carbocycles. The highest BCUT2D eigenvalue weighted by Gasteiger charge is 2.33. The number of benzene rings is 1. The SMILES string of the molecule is COc1cc(Br)c(N)cc1S(=O)(=O)N1CC[C@@H](O)C1. The smallest absolute Gasteiger partial charge is 0.246 e. The highest BCUT2D eigenvalue weighted by molar-refractivity contribution is 9.10. The van der Waals surface area contributed by atoms with E-state index in [1.165, 1.54) is 23.5 Å². The van der Waals surface area contributed by atoms with Crippen molar-refractivity contribution in [2.24, 2.45) is 0 Å². The molecule has 3 N–H and O–H groups in total. The van der Waals surface area contributed by atoms with E-state index >= 15 is 0 Å². The Morgan fingerprint density at radius 2 is 2.21 bits per heavy atom. The van der Waals surface area contributed by atoms with Crippen molar-refractivity contribution in [1.29, 1.82) is 0 Å². The Hall–Kier alpha value is -0.830. The molecule has 0 spiro atoms. The van der Waals surface area contributed by atoms with E-state index in [1.807, 2.05) is 0 Å². The fourth-order valence-corrected chi connectivity index (χ4v) is 3.97. The lowest BCUT2D eigenvalue weighted by atomic mass is 10.3. The minimum absolute atomic E-state index is 0.0183. The number of nitrogens with two attached hydrogens (primary N) is 1. The van der Waals surface area contributed by atoms with Crippen molar-refractivity contribution in [2.75, 3.05) is 25.9 Å². The van der Waals surface area contributed by atoms with Crippen LogP contribution < -0.4 is 10.5 Å². The number of ether oxygens (including phenoxy) is 1. The lowest BCUT2D eigenvalue weighted by Gasteiger charge is -2.18. The van der Waals surface area contributed by atoms with E-state index in [2.05, 4.69) is 15.9 Å². The second kappa shape index (κ2) is 5.28. The number of β-amino-alcohol motifs (C(OH)–C–C–N with tert-alkyl or cyclic N) is 1. The summed E-state index contributed by atoms with van der Waals surface area (Å²) < 4.78 is 31.9. The van der Waals surface area contributed by atoms with Crippen molar-refractivity contribution >= 4 is 31.6 Å². The summed E-state index contributed by atoms with van der Waals surface area (Å²) in [4.78, 5) is 0.0183. The van der Waals surface area contributed by atoms with Gasteiger partial charge in [0, 0.05) is 23.2 Å². The number of nitrogens with zero attached hydrogens (tertiary/aromatic N) is 1. The number of anilines is 1. The summed E-state index contributed by atoms with van der Waals surface area (Å²) in [5, 5.41) is 9.47. The number of hydrogen-bond donors (Lipinski definition) is 2. The van der Waals surface area contributed by atoms with E-state index in [4.69, 9.17) is 10.5 Å². The summed E-state index contributed by atoms with van der Waals surface area (Å²) in [6, 6.07) is 2.89. The monoisotopic (exact) mass is 350 g/mol. The quantitative estimate of drug-likeness (QED) is 0.786. The maximum Gasteiger partial charge on any atom is 0.246 e. The Balaban J connectivity index is 2.48. The summed E-state index contributed by atoms with van der Waals surface area (Å²) in [6.45, 7) is 0.393. The van der Waals surface area contributed by atoms with Crippen molar-refractivity contribution in [1.82, 2.24) is 4.31 Å². The van der Waals surface area contributed by atoms with Gasteiger partial charge in [0.1, 0.15) is 10.6 Å². The Morgan fingerprint density at radius 1 is 1.53 bits per heavy atom. The number of hydrogen-bond acceptors (Lipinski definition) is 5. The van der Waals surface area contributed by atoms with Gasteiger partial charge in [-0.1, -0.05) is 0 Å². The Morgan fingerprint density at radius 3 is 2.74 bits per heavy atom. The molecule has 0 amide bonds. The molecule has 1 aromatic carbocycles. The van der Waals surface area contributed by atoms with Gasteiger partial charge in [-0.2, -0.15) is 4.31 Å². The van der Waals surface area contributed by atoms with E-state index < -0.39 is 16.1 Å². The van der Waals surface area contributed by atoms with E-state index in [0.717, 1.165) is 0 Å². The Labute approximate surface area is 120 Å². The predicted molar refractivity (Wildman–Crippen MR) is 74.5 cm³/mol. The molecule has 1 saturated heterocycles.